The Bertz CT molecular complexity index is 3420. The van der Waals surface area contributed by atoms with Crippen molar-refractivity contribution in [3.05, 3.63) is 156 Å². The summed E-state index contributed by atoms with van der Waals surface area (Å²) >= 11 is 0. The van der Waals surface area contributed by atoms with E-state index in [9.17, 15) is 31.5 Å². The van der Waals surface area contributed by atoms with Crippen LogP contribution >= 0.6 is 0 Å². The Labute approximate surface area is 371 Å². The molecule has 0 fully saturated rings. The number of aromatic hydroxyl groups is 1. The van der Waals surface area contributed by atoms with Crippen molar-refractivity contribution < 1.29 is 45.4 Å². The number of furan rings is 1. The fourth-order valence-electron chi connectivity index (χ4n) is 6.87. The van der Waals surface area contributed by atoms with Gasteiger partial charge in [-0.15, -0.1) is 0 Å². The molecule has 330 valence electrons. The molecule has 9 rings (SSSR count). The number of hydrogen-bond acceptors (Lipinski definition) is 13. The number of fused-ring (bicyclic) bond motifs is 3. The summed E-state index contributed by atoms with van der Waals surface area (Å²) in [5, 5.41) is 21.4. The number of nitrogens with zero attached hydrogens (tertiary/aromatic N) is 4. The number of nitrogens with one attached hydrogen (secondary N) is 3. The number of phenolic OH excluding ortho intramolecular Hbond substituents is 1. The number of aromatic amines is 1. The van der Waals surface area contributed by atoms with Crippen molar-refractivity contribution in [2.45, 2.75) is 32.7 Å². The zero-order valence-corrected chi connectivity index (χ0v) is 36.5. The molecule has 2 amide bonds. The largest absolute Gasteiger partial charge is 0.508 e. The van der Waals surface area contributed by atoms with E-state index in [0.29, 0.717) is 16.7 Å². The summed E-state index contributed by atoms with van der Waals surface area (Å²) in [6.45, 7) is 0.430. The van der Waals surface area contributed by atoms with Gasteiger partial charge in [-0.1, -0.05) is 30.3 Å². The van der Waals surface area contributed by atoms with E-state index in [2.05, 4.69) is 30.7 Å². The summed E-state index contributed by atoms with van der Waals surface area (Å²) in [5.74, 6) is -0.193. The first-order valence-corrected chi connectivity index (χ1v) is 22.6. The van der Waals surface area contributed by atoms with Gasteiger partial charge in [-0.3, -0.25) is 19.3 Å². The quantitative estimate of drug-likeness (QED) is 0.102. The van der Waals surface area contributed by atoms with Crippen LogP contribution in [0.5, 0.6) is 17.5 Å². The highest BCUT2D eigenvalue weighted by Gasteiger charge is 2.25. The molecule has 17 nitrogen and oxygen atoms in total. The minimum absolute atomic E-state index is 0.0540. The maximum atomic E-state index is 13.2. The first-order valence-electron chi connectivity index (χ1n) is 19.6. The number of benzene rings is 4. The molecule has 0 spiro atoms. The average molecular weight is 914 g/mol. The van der Waals surface area contributed by atoms with Gasteiger partial charge in [0.2, 0.25) is 31.4 Å². The Morgan fingerprint density at radius 1 is 0.738 bits per heavy atom. The number of carbonyl (C=O) groups excluding carboxylic acids is 2. The smallest absolute Gasteiger partial charge is 0.287 e. The minimum atomic E-state index is -3.86. The molecule has 0 aliphatic carbocycles. The highest BCUT2D eigenvalue weighted by atomic mass is 32.2. The SMILES string of the molecule is COc1ccc(S(=O)(=O)c2ccc(CNC(=O)c3cc4ccncc4o3)cc2)c(OC)n1.Cn1ncc2c(S(=O)(=O)c3ccc(CNC(=O)c4cc5cc(O)ccc5[nH]4)cc3)cccc21. The fourth-order valence-corrected chi connectivity index (χ4v) is 9.68. The first-order chi connectivity index (χ1) is 31.2. The average Bonchev–Trinajstić information content (AvgIpc) is 4.07. The summed E-state index contributed by atoms with van der Waals surface area (Å²) in [4.78, 5) is 36.3. The number of aryl methyl sites for hydroxylation is 1. The Kier molecular flexibility index (Phi) is 12.1. The van der Waals surface area contributed by atoms with Crippen LogP contribution in [-0.4, -0.2) is 72.7 Å². The predicted octanol–water partition coefficient (Wildman–Crippen LogP) is 6.53. The van der Waals surface area contributed by atoms with E-state index in [1.165, 1.54) is 50.6 Å². The molecule has 65 heavy (non-hydrogen) atoms. The molecule has 0 saturated carbocycles. The third kappa shape index (κ3) is 9.08. The Balaban J connectivity index is 0.000000177. The second kappa shape index (κ2) is 18.0. The monoisotopic (exact) mass is 913 g/mol. The number of carbonyl (C=O) groups is 2. The molecule has 5 aromatic heterocycles. The van der Waals surface area contributed by atoms with Crippen LogP contribution in [0.15, 0.2) is 158 Å². The number of hydrogen-bond donors (Lipinski definition) is 4. The second-order valence-corrected chi connectivity index (χ2v) is 18.3. The van der Waals surface area contributed by atoms with Gasteiger partial charge in [0.15, 0.2) is 11.3 Å². The van der Waals surface area contributed by atoms with Crippen molar-refractivity contribution in [3.63, 3.8) is 0 Å². The van der Waals surface area contributed by atoms with Gasteiger partial charge in [0.25, 0.3) is 11.8 Å². The Hall–Kier alpha value is -8.03. The third-order valence-corrected chi connectivity index (χ3v) is 13.9. The van der Waals surface area contributed by atoms with Crippen molar-refractivity contribution in [3.8, 4) is 17.5 Å². The van der Waals surface area contributed by atoms with Gasteiger partial charge in [-0.2, -0.15) is 10.1 Å². The zero-order chi connectivity index (χ0) is 45.9. The predicted molar refractivity (Wildman–Crippen MR) is 238 cm³/mol. The first kappa shape index (κ1) is 43.6. The van der Waals surface area contributed by atoms with Gasteiger partial charge in [-0.05, 0) is 90.0 Å². The fraction of sp³-hybridized carbons (Fsp3) is 0.109. The summed E-state index contributed by atoms with van der Waals surface area (Å²) in [6.07, 6.45) is 4.71. The van der Waals surface area contributed by atoms with Gasteiger partial charge >= 0.3 is 0 Å². The lowest BCUT2D eigenvalue weighted by atomic mass is 10.2. The van der Waals surface area contributed by atoms with E-state index in [1.54, 1.807) is 103 Å². The van der Waals surface area contributed by atoms with Crippen LogP contribution < -0.4 is 20.1 Å². The number of ether oxygens (including phenoxy) is 2. The Morgan fingerprint density at radius 2 is 1.42 bits per heavy atom. The molecule has 0 aliphatic heterocycles. The highest BCUT2D eigenvalue weighted by molar-refractivity contribution is 7.92. The van der Waals surface area contributed by atoms with E-state index >= 15 is 0 Å². The zero-order valence-electron chi connectivity index (χ0n) is 34.8. The molecule has 19 heteroatoms. The Morgan fingerprint density at radius 3 is 2.08 bits per heavy atom. The molecule has 0 radical (unpaired) electrons. The molecule has 0 saturated heterocycles. The molecule has 0 unspecified atom stereocenters. The molecule has 9 aromatic rings. The van der Waals surface area contributed by atoms with Crippen LogP contribution in [0.25, 0.3) is 32.8 Å². The van der Waals surface area contributed by atoms with Gasteiger partial charge < -0.3 is 34.6 Å². The molecule has 4 aromatic carbocycles. The van der Waals surface area contributed by atoms with Crippen molar-refractivity contribution in [2.75, 3.05) is 14.2 Å². The number of pyridine rings is 2. The highest BCUT2D eigenvalue weighted by Crippen LogP contribution is 2.31. The van der Waals surface area contributed by atoms with E-state index in [4.69, 9.17) is 13.9 Å². The molecule has 0 aliphatic rings. The standard InChI is InChI=1S/C24H20N4O4S.C22H19N3O6S/c1-28-22-3-2-4-23(19(22)14-26-28)33(31,32)18-8-5-15(6-9-18)13-25-24(30)21-12-16-11-17(29)7-10-20(16)27-21;1-29-20-8-7-19(22(25-20)30-2)32(27,28)16-5-3-14(4-6-16)12-24-21(26)17-11-15-9-10-23-13-18(15)31-17/h2-12,14,27,29H,13H2,1H3,(H,25,30);3-11,13H,12H2,1-2H3,(H,24,26). The number of phenols is 1. The van der Waals surface area contributed by atoms with E-state index < -0.39 is 19.7 Å². The van der Waals surface area contributed by atoms with E-state index in [-0.39, 0.29) is 67.8 Å². The molecule has 5 heterocycles. The summed E-state index contributed by atoms with van der Waals surface area (Å²) < 4.78 is 69.7. The number of amides is 2. The van der Waals surface area contributed by atoms with Crippen LogP contribution in [0.4, 0.5) is 0 Å². The van der Waals surface area contributed by atoms with Crippen LogP contribution in [-0.2, 0) is 39.8 Å². The maximum Gasteiger partial charge on any atom is 0.287 e. The van der Waals surface area contributed by atoms with Gasteiger partial charge in [0.1, 0.15) is 16.3 Å². The van der Waals surface area contributed by atoms with Gasteiger partial charge in [0.05, 0.1) is 46.8 Å². The second-order valence-electron chi connectivity index (χ2n) is 14.5. The van der Waals surface area contributed by atoms with Gasteiger partial charge in [0, 0.05) is 54.1 Å². The molecular formula is C46H39N7O10S2. The van der Waals surface area contributed by atoms with Crippen LogP contribution in [0.2, 0.25) is 0 Å². The lowest BCUT2D eigenvalue weighted by Gasteiger charge is -2.10. The summed E-state index contributed by atoms with van der Waals surface area (Å²) in [5.41, 5.74) is 3.86. The van der Waals surface area contributed by atoms with Crippen molar-refractivity contribution in [1.82, 2.24) is 35.4 Å². The number of sulfone groups is 2. The summed E-state index contributed by atoms with van der Waals surface area (Å²) in [6, 6.07) is 30.4. The number of rotatable bonds is 12. The van der Waals surface area contributed by atoms with Crippen LogP contribution in [0.3, 0.4) is 0 Å². The third-order valence-electron chi connectivity index (χ3n) is 10.3. The van der Waals surface area contributed by atoms with Crippen LogP contribution in [0.1, 0.15) is 32.2 Å². The van der Waals surface area contributed by atoms with Crippen LogP contribution in [0, 0.1) is 0 Å². The topological polar surface area (TPSA) is 238 Å². The van der Waals surface area contributed by atoms with E-state index in [1.807, 2.05) is 6.07 Å². The number of H-pyrrole nitrogens is 1. The molecule has 4 N–H and O–H groups in total. The lowest BCUT2D eigenvalue weighted by Crippen LogP contribution is -2.23. The molecular weight excluding hydrogens is 875 g/mol. The lowest BCUT2D eigenvalue weighted by molar-refractivity contribution is 0.0923. The van der Waals surface area contributed by atoms with Crippen molar-refractivity contribution >= 4 is 64.3 Å². The summed E-state index contributed by atoms with van der Waals surface area (Å²) in [7, 11) is -3.06. The number of aromatic nitrogens is 5. The normalized spacial score (nSPS) is 11.6. The van der Waals surface area contributed by atoms with E-state index in [0.717, 1.165) is 32.9 Å². The van der Waals surface area contributed by atoms with Crippen molar-refractivity contribution in [1.29, 1.82) is 0 Å². The maximum absolute atomic E-state index is 13.2. The van der Waals surface area contributed by atoms with Gasteiger partial charge in [-0.25, -0.2) is 16.8 Å². The molecule has 0 atom stereocenters. The van der Waals surface area contributed by atoms with Crippen molar-refractivity contribution in [2.24, 2.45) is 7.05 Å². The molecule has 0 bridgehead atoms. The number of methoxy groups -OCH3 is 2. The minimum Gasteiger partial charge on any atom is -0.508 e.